The van der Waals surface area contributed by atoms with E-state index in [1.165, 1.54) is 18.2 Å². The average molecular weight is 603 g/mol. The Hall–Kier alpha value is -4.90. The van der Waals surface area contributed by atoms with Crippen LogP contribution in [0.5, 0.6) is 17.2 Å². The van der Waals surface area contributed by atoms with E-state index in [9.17, 15) is 19.8 Å². The van der Waals surface area contributed by atoms with Crippen LogP contribution in [0.4, 0.5) is 5.69 Å². The number of hydrogen-bond donors (Lipinski definition) is 4. The number of hydrogen-bond acceptors (Lipinski definition) is 8. The Bertz CT molecular complexity index is 1680. The Morgan fingerprint density at radius 1 is 1.00 bits per heavy atom. The number of carbonyl (C=O) groups excluding carboxylic acids is 2. The summed E-state index contributed by atoms with van der Waals surface area (Å²) in [6.07, 6.45) is 0.732. The first-order valence-electron chi connectivity index (χ1n) is 13.8. The van der Waals surface area contributed by atoms with Gasteiger partial charge in [0.15, 0.2) is 17.3 Å². The lowest BCUT2D eigenvalue weighted by Crippen LogP contribution is -2.25. The zero-order valence-electron chi connectivity index (χ0n) is 23.7. The third-order valence-corrected chi connectivity index (χ3v) is 7.10. The molecule has 0 radical (unpaired) electrons. The minimum atomic E-state index is -0.579. The molecule has 1 aliphatic rings. The molecule has 5 rings (SSSR count). The summed E-state index contributed by atoms with van der Waals surface area (Å²) in [5.41, 5.74) is 3.43. The number of nitrogens with zero attached hydrogens (tertiary/aromatic N) is 4. The molecule has 0 aliphatic carbocycles. The molecule has 0 unspecified atom stereocenters. The van der Waals surface area contributed by atoms with Gasteiger partial charge in [0.25, 0.3) is 0 Å². The number of aliphatic imine (C=N–C) groups is 1. The van der Waals surface area contributed by atoms with Crippen LogP contribution in [0.2, 0.25) is 5.02 Å². The second kappa shape index (κ2) is 13.0. The van der Waals surface area contributed by atoms with Crippen molar-refractivity contribution in [3.05, 3.63) is 88.5 Å². The maximum absolute atomic E-state index is 12.7. The summed E-state index contributed by atoms with van der Waals surface area (Å²) in [5, 5.41) is 33.9. The molecule has 0 spiro atoms. The highest BCUT2D eigenvalue weighted by Gasteiger charge is 2.30. The summed E-state index contributed by atoms with van der Waals surface area (Å²) in [6, 6.07) is 16.5. The second-order valence-electron chi connectivity index (χ2n) is 9.98. The number of benzene rings is 3. The Labute approximate surface area is 253 Å². The molecule has 2 amide bonds. The molecule has 1 atom stereocenters. The minimum absolute atomic E-state index is 0.103. The van der Waals surface area contributed by atoms with Gasteiger partial charge in [0.1, 0.15) is 17.6 Å². The van der Waals surface area contributed by atoms with Crippen LogP contribution in [0.1, 0.15) is 55.0 Å². The molecular formula is C31H31ClN6O5. The van der Waals surface area contributed by atoms with Crippen LogP contribution in [0.25, 0.3) is 5.69 Å². The van der Waals surface area contributed by atoms with Crippen molar-refractivity contribution in [2.45, 2.75) is 39.2 Å². The normalized spacial score (nSPS) is 13.7. The van der Waals surface area contributed by atoms with Crippen LogP contribution >= 0.6 is 11.6 Å². The highest BCUT2D eigenvalue weighted by molar-refractivity contribution is 6.30. The molecule has 1 aromatic heterocycles. The van der Waals surface area contributed by atoms with Crippen LogP contribution in [0.3, 0.4) is 0 Å². The molecule has 43 heavy (non-hydrogen) atoms. The lowest BCUT2D eigenvalue weighted by atomic mass is 10.00. The topological polar surface area (TPSA) is 151 Å². The number of amides is 2. The number of anilines is 1. The molecule has 3 aromatic carbocycles. The maximum atomic E-state index is 12.7. The number of nitrogens with one attached hydrogen (secondary N) is 2. The first kappa shape index (κ1) is 29.6. The lowest BCUT2D eigenvalue weighted by molar-refractivity contribution is -0.121. The number of halogens is 1. The van der Waals surface area contributed by atoms with E-state index < -0.39 is 6.04 Å². The van der Waals surface area contributed by atoms with Gasteiger partial charge >= 0.3 is 0 Å². The Balaban J connectivity index is 1.39. The van der Waals surface area contributed by atoms with Crippen molar-refractivity contribution in [3.8, 4) is 22.9 Å². The Morgan fingerprint density at radius 2 is 1.79 bits per heavy atom. The van der Waals surface area contributed by atoms with Crippen LogP contribution in [-0.2, 0) is 9.59 Å². The molecule has 12 heteroatoms. The van der Waals surface area contributed by atoms with Gasteiger partial charge in [0.05, 0.1) is 24.4 Å². The van der Waals surface area contributed by atoms with Crippen molar-refractivity contribution >= 4 is 34.8 Å². The number of aromatic hydroxyl groups is 2. The maximum Gasteiger partial charge on any atom is 0.224 e. The van der Waals surface area contributed by atoms with E-state index in [0.29, 0.717) is 46.8 Å². The fourth-order valence-corrected chi connectivity index (χ4v) is 4.96. The fraction of sp³-hybridized carbons (Fsp3) is 0.258. The second-order valence-corrected chi connectivity index (χ2v) is 10.4. The Kier molecular flexibility index (Phi) is 8.91. The zero-order valence-corrected chi connectivity index (χ0v) is 24.4. The molecule has 222 valence electrons. The highest BCUT2D eigenvalue weighted by Crippen LogP contribution is 2.34. The number of rotatable bonds is 10. The van der Waals surface area contributed by atoms with Gasteiger partial charge in [-0.15, -0.1) is 10.2 Å². The molecule has 0 bridgehead atoms. The smallest absolute Gasteiger partial charge is 0.224 e. The summed E-state index contributed by atoms with van der Waals surface area (Å²) in [7, 11) is 0. The minimum Gasteiger partial charge on any atom is -0.504 e. The zero-order chi connectivity index (χ0) is 30.5. The standard InChI is InChI=1S/C31H31ClN6O5/c1-3-33-29(42)17-24-31-37-36-18(2)38(31)25-12-11-22(16-23(25)30(35-24)19-6-8-20(32)9-7-19)43-14-4-5-28(41)34-21-10-13-26(39)27(40)15-21/h6-13,15-16,24,39-40H,3-5,14,17H2,1-2H3,(H,33,42)(H,34,41)/t24-/m0/s1. The SMILES string of the molecule is CCNC(=O)C[C@@H]1N=C(c2ccc(Cl)cc2)c2cc(OCCCC(=O)Nc3ccc(O)c(O)c3)ccc2-n2c(C)nnc21. The Morgan fingerprint density at radius 3 is 2.53 bits per heavy atom. The molecule has 11 nitrogen and oxygen atoms in total. The first-order chi connectivity index (χ1) is 20.7. The van der Waals surface area contributed by atoms with Crippen molar-refractivity contribution in [1.82, 2.24) is 20.1 Å². The van der Waals surface area contributed by atoms with Gasteiger partial charge in [0, 0.05) is 40.9 Å². The molecule has 0 saturated carbocycles. The fourth-order valence-electron chi connectivity index (χ4n) is 4.83. The van der Waals surface area contributed by atoms with E-state index in [1.807, 2.05) is 48.7 Å². The number of phenols is 2. The summed E-state index contributed by atoms with van der Waals surface area (Å²) < 4.78 is 7.96. The van der Waals surface area contributed by atoms with Crippen molar-refractivity contribution < 1.29 is 24.5 Å². The predicted octanol–water partition coefficient (Wildman–Crippen LogP) is 4.86. The van der Waals surface area contributed by atoms with Gasteiger partial charge in [-0.1, -0.05) is 23.7 Å². The van der Waals surface area contributed by atoms with Crippen LogP contribution in [0.15, 0.2) is 65.7 Å². The number of carbonyl (C=O) groups is 2. The van der Waals surface area contributed by atoms with Gasteiger partial charge in [-0.05, 0) is 62.7 Å². The van der Waals surface area contributed by atoms with Gasteiger partial charge in [-0.3, -0.25) is 19.1 Å². The van der Waals surface area contributed by atoms with Crippen molar-refractivity contribution in [2.24, 2.45) is 4.99 Å². The van der Waals surface area contributed by atoms with Gasteiger partial charge < -0.3 is 25.6 Å². The molecule has 0 fully saturated rings. The van der Waals surface area contributed by atoms with E-state index in [0.717, 1.165) is 16.8 Å². The largest absolute Gasteiger partial charge is 0.504 e. The molecular weight excluding hydrogens is 572 g/mol. The van der Waals surface area contributed by atoms with E-state index in [2.05, 4.69) is 20.8 Å². The van der Waals surface area contributed by atoms with Crippen molar-refractivity contribution in [1.29, 1.82) is 0 Å². The number of ether oxygens (including phenoxy) is 1. The molecule has 1 aliphatic heterocycles. The lowest BCUT2D eigenvalue weighted by Gasteiger charge is -2.15. The summed E-state index contributed by atoms with van der Waals surface area (Å²) in [4.78, 5) is 30.1. The van der Waals surface area contributed by atoms with Gasteiger partial charge in [0.2, 0.25) is 11.8 Å². The van der Waals surface area contributed by atoms with Gasteiger partial charge in [-0.2, -0.15) is 0 Å². The number of phenolic OH excluding ortho intramolecular Hbond substituents is 2. The first-order valence-corrected chi connectivity index (χ1v) is 14.2. The third kappa shape index (κ3) is 6.78. The number of fused-ring (bicyclic) bond motifs is 3. The molecule has 2 heterocycles. The third-order valence-electron chi connectivity index (χ3n) is 6.84. The predicted molar refractivity (Wildman–Crippen MR) is 162 cm³/mol. The highest BCUT2D eigenvalue weighted by atomic mass is 35.5. The van der Waals surface area contributed by atoms with Crippen molar-refractivity contribution in [2.75, 3.05) is 18.5 Å². The van der Waals surface area contributed by atoms with E-state index in [4.69, 9.17) is 21.3 Å². The van der Waals surface area contributed by atoms with E-state index in [-0.39, 0.29) is 42.8 Å². The van der Waals surface area contributed by atoms with Gasteiger partial charge in [-0.25, -0.2) is 0 Å². The van der Waals surface area contributed by atoms with Crippen LogP contribution in [-0.4, -0.2) is 55.7 Å². The quantitative estimate of drug-likeness (QED) is 0.115. The van der Waals surface area contributed by atoms with Crippen molar-refractivity contribution in [3.63, 3.8) is 0 Å². The van der Waals surface area contributed by atoms with E-state index >= 15 is 0 Å². The molecule has 4 N–H and O–H groups in total. The van der Waals surface area contributed by atoms with Crippen LogP contribution < -0.4 is 15.4 Å². The number of aryl methyl sites for hydroxylation is 1. The molecule has 4 aromatic rings. The van der Waals surface area contributed by atoms with E-state index in [1.54, 1.807) is 12.1 Å². The average Bonchev–Trinajstić information content (AvgIpc) is 3.30. The monoisotopic (exact) mass is 602 g/mol. The summed E-state index contributed by atoms with van der Waals surface area (Å²) in [6.45, 7) is 4.50. The molecule has 0 saturated heterocycles. The summed E-state index contributed by atoms with van der Waals surface area (Å²) in [5.74, 6) is 0.849. The van der Waals surface area contributed by atoms with Crippen LogP contribution in [0, 0.1) is 6.92 Å². The summed E-state index contributed by atoms with van der Waals surface area (Å²) >= 11 is 6.18. The number of aromatic nitrogens is 3.